The zero-order valence-corrected chi connectivity index (χ0v) is 22.4. The highest BCUT2D eigenvalue weighted by Crippen LogP contribution is 2.32. The van der Waals surface area contributed by atoms with Crippen molar-refractivity contribution in [1.82, 2.24) is 20.1 Å². The summed E-state index contributed by atoms with van der Waals surface area (Å²) >= 11 is 0. The van der Waals surface area contributed by atoms with Crippen LogP contribution in [0.3, 0.4) is 0 Å². The lowest BCUT2D eigenvalue weighted by molar-refractivity contribution is -0.138. The number of benzene rings is 1. The molecular formula is C29H35N5O5. The van der Waals surface area contributed by atoms with Crippen molar-refractivity contribution in [1.29, 1.82) is 0 Å². The van der Waals surface area contributed by atoms with Crippen LogP contribution in [0.2, 0.25) is 0 Å². The Kier molecular flexibility index (Phi) is 7.92. The number of pyridine rings is 1. The average molecular weight is 534 g/mol. The SMILES string of the molecule is CC(C)CC(NC(=O)c1ccc(N2CCOCC2)cc1)C(=O)N1CCC2C1C(=O)CN2C(=O)c1ccncc1. The van der Waals surface area contributed by atoms with Crippen molar-refractivity contribution in [3.05, 3.63) is 59.9 Å². The Labute approximate surface area is 228 Å². The molecule has 0 bridgehead atoms. The van der Waals surface area contributed by atoms with E-state index in [0.29, 0.717) is 43.7 Å². The number of nitrogens with one attached hydrogen (secondary N) is 1. The van der Waals surface area contributed by atoms with Crippen LogP contribution in [0.5, 0.6) is 0 Å². The van der Waals surface area contributed by atoms with E-state index < -0.39 is 12.1 Å². The number of hydrogen-bond donors (Lipinski definition) is 1. The third-order valence-electron chi connectivity index (χ3n) is 7.71. The minimum absolute atomic E-state index is 0.0308. The zero-order chi connectivity index (χ0) is 27.5. The fraction of sp³-hybridized carbons (Fsp3) is 0.483. The van der Waals surface area contributed by atoms with Gasteiger partial charge in [0.15, 0.2) is 5.78 Å². The summed E-state index contributed by atoms with van der Waals surface area (Å²) in [4.78, 5) is 62.4. The fourth-order valence-corrected chi connectivity index (χ4v) is 5.78. The highest BCUT2D eigenvalue weighted by molar-refractivity contribution is 6.03. The Morgan fingerprint density at radius 1 is 0.974 bits per heavy atom. The van der Waals surface area contributed by atoms with Crippen LogP contribution in [-0.4, -0.2) is 95.8 Å². The van der Waals surface area contributed by atoms with Gasteiger partial charge in [-0.3, -0.25) is 24.2 Å². The number of Topliss-reactive ketones (excluding diaryl/α,β-unsaturated/α-hetero) is 1. The molecule has 10 heteroatoms. The van der Waals surface area contributed by atoms with E-state index in [1.807, 2.05) is 26.0 Å². The molecule has 4 heterocycles. The maximum atomic E-state index is 13.8. The minimum atomic E-state index is -0.770. The average Bonchev–Trinajstić information content (AvgIpc) is 3.54. The van der Waals surface area contributed by atoms with Crippen molar-refractivity contribution in [2.45, 2.75) is 44.8 Å². The summed E-state index contributed by atoms with van der Waals surface area (Å²) in [6.07, 6.45) is 4.05. The van der Waals surface area contributed by atoms with Gasteiger partial charge in [-0.05, 0) is 55.2 Å². The van der Waals surface area contributed by atoms with Gasteiger partial charge in [0.05, 0.1) is 25.8 Å². The second-order valence-corrected chi connectivity index (χ2v) is 10.8. The third-order valence-corrected chi connectivity index (χ3v) is 7.71. The predicted octanol–water partition coefficient (Wildman–Crippen LogP) is 1.76. The van der Waals surface area contributed by atoms with Gasteiger partial charge in [0, 0.05) is 48.8 Å². The largest absolute Gasteiger partial charge is 0.378 e. The summed E-state index contributed by atoms with van der Waals surface area (Å²) < 4.78 is 5.41. The van der Waals surface area contributed by atoms with E-state index in [9.17, 15) is 19.2 Å². The van der Waals surface area contributed by atoms with Crippen molar-refractivity contribution in [3.63, 3.8) is 0 Å². The van der Waals surface area contributed by atoms with Crippen LogP contribution in [0.25, 0.3) is 0 Å². The number of ketones is 1. The molecule has 3 atom stereocenters. The fourth-order valence-electron chi connectivity index (χ4n) is 5.78. The molecule has 1 aromatic heterocycles. The van der Waals surface area contributed by atoms with Crippen molar-refractivity contribution in [3.8, 4) is 0 Å². The van der Waals surface area contributed by atoms with E-state index in [2.05, 4.69) is 15.2 Å². The Balaban J connectivity index is 1.28. The predicted molar refractivity (Wildman–Crippen MR) is 144 cm³/mol. The lowest BCUT2D eigenvalue weighted by Gasteiger charge is -2.29. The molecule has 0 radical (unpaired) electrons. The molecule has 10 nitrogen and oxygen atoms in total. The molecule has 1 aromatic carbocycles. The second kappa shape index (κ2) is 11.5. The first-order valence-corrected chi connectivity index (χ1v) is 13.6. The van der Waals surface area contributed by atoms with E-state index in [0.717, 1.165) is 18.8 Å². The van der Waals surface area contributed by atoms with E-state index in [-0.39, 0.29) is 42.0 Å². The molecule has 3 unspecified atom stereocenters. The molecule has 1 N–H and O–H groups in total. The molecule has 3 saturated heterocycles. The maximum Gasteiger partial charge on any atom is 0.254 e. The molecule has 3 aliphatic rings. The van der Waals surface area contributed by atoms with Gasteiger partial charge >= 0.3 is 0 Å². The van der Waals surface area contributed by atoms with Gasteiger partial charge in [-0.2, -0.15) is 0 Å². The highest BCUT2D eigenvalue weighted by Gasteiger charge is 2.52. The molecule has 3 aliphatic heterocycles. The summed E-state index contributed by atoms with van der Waals surface area (Å²) in [6, 6.07) is 8.78. The number of carbonyl (C=O) groups is 4. The van der Waals surface area contributed by atoms with Crippen molar-refractivity contribution in [2.75, 3.05) is 44.3 Å². The number of anilines is 1. The van der Waals surface area contributed by atoms with Gasteiger partial charge in [-0.1, -0.05) is 13.8 Å². The number of nitrogens with zero attached hydrogens (tertiary/aromatic N) is 4. The van der Waals surface area contributed by atoms with Gasteiger partial charge in [-0.15, -0.1) is 0 Å². The maximum absolute atomic E-state index is 13.8. The number of hydrogen-bond acceptors (Lipinski definition) is 7. The van der Waals surface area contributed by atoms with Crippen LogP contribution in [0, 0.1) is 5.92 Å². The summed E-state index contributed by atoms with van der Waals surface area (Å²) in [7, 11) is 0. The van der Waals surface area contributed by atoms with E-state index in [4.69, 9.17) is 4.74 Å². The number of rotatable bonds is 7. The summed E-state index contributed by atoms with van der Waals surface area (Å²) in [6.45, 7) is 7.28. The molecule has 3 amide bonds. The van der Waals surface area contributed by atoms with Crippen LogP contribution >= 0.6 is 0 Å². The minimum Gasteiger partial charge on any atom is -0.378 e. The molecule has 0 spiro atoms. The van der Waals surface area contributed by atoms with E-state index in [1.54, 1.807) is 46.5 Å². The number of amides is 3. The molecule has 0 aliphatic carbocycles. The second-order valence-electron chi connectivity index (χ2n) is 10.8. The quantitative estimate of drug-likeness (QED) is 0.577. The first-order valence-electron chi connectivity index (χ1n) is 13.6. The number of fused-ring (bicyclic) bond motifs is 1. The number of morpholine rings is 1. The van der Waals surface area contributed by atoms with Crippen LogP contribution in [-0.2, 0) is 14.3 Å². The van der Waals surface area contributed by atoms with Crippen LogP contribution in [0.15, 0.2) is 48.8 Å². The Morgan fingerprint density at radius 3 is 2.33 bits per heavy atom. The summed E-state index contributed by atoms with van der Waals surface area (Å²) in [5.74, 6) is -0.848. The molecule has 0 saturated carbocycles. The first kappa shape index (κ1) is 26.8. The van der Waals surface area contributed by atoms with Gasteiger partial charge < -0.3 is 24.8 Å². The molecule has 206 valence electrons. The van der Waals surface area contributed by atoms with Gasteiger partial charge in [-0.25, -0.2) is 0 Å². The normalized spacial score (nSPS) is 21.7. The Hall–Kier alpha value is -3.79. The monoisotopic (exact) mass is 533 g/mol. The number of likely N-dealkylation sites (tertiary alicyclic amines) is 2. The van der Waals surface area contributed by atoms with Gasteiger partial charge in [0.2, 0.25) is 5.91 Å². The van der Waals surface area contributed by atoms with Crippen LogP contribution < -0.4 is 10.2 Å². The van der Waals surface area contributed by atoms with Crippen molar-refractivity contribution in [2.24, 2.45) is 5.92 Å². The number of aromatic nitrogens is 1. The molecule has 2 aromatic rings. The van der Waals surface area contributed by atoms with Crippen molar-refractivity contribution < 1.29 is 23.9 Å². The Bertz CT molecular complexity index is 1210. The summed E-state index contributed by atoms with van der Waals surface area (Å²) in [5, 5.41) is 2.93. The van der Waals surface area contributed by atoms with E-state index in [1.165, 1.54) is 0 Å². The Morgan fingerprint density at radius 2 is 1.67 bits per heavy atom. The summed E-state index contributed by atoms with van der Waals surface area (Å²) in [5.41, 5.74) is 1.96. The van der Waals surface area contributed by atoms with Crippen molar-refractivity contribution >= 4 is 29.2 Å². The lowest BCUT2D eigenvalue weighted by Crippen LogP contribution is -2.53. The lowest BCUT2D eigenvalue weighted by atomic mass is 10.0. The van der Waals surface area contributed by atoms with Gasteiger partial charge in [0.25, 0.3) is 11.8 Å². The van der Waals surface area contributed by atoms with Gasteiger partial charge in [0.1, 0.15) is 12.1 Å². The van der Waals surface area contributed by atoms with E-state index >= 15 is 0 Å². The zero-order valence-electron chi connectivity index (χ0n) is 22.4. The highest BCUT2D eigenvalue weighted by atomic mass is 16.5. The number of carbonyl (C=O) groups excluding carboxylic acids is 4. The molecule has 39 heavy (non-hydrogen) atoms. The standard InChI is InChI=1S/C29H35N5O5/c1-19(2)17-23(31-27(36)20-3-5-22(6-4-20)32-13-15-39-16-14-32)29(38)33-12-9-24-26(33)25(35)18-34(24)28(37)21-7-10-30-11-8-21/h3-8,10-11,19,23-24,26H,9,12-18H2,1-2H3,(H,31,36). The number of ether oxygens (including phenoxy) is 1. The molecule has 3 fully saturated rings. The smallest absolute Gasteiger partial charge is 0.254 e. The first-order chi connectivity index (χ1) is 18.8. The van der Waals surface area contributed by atoms with Crippen LogP contribution in [0.4, 0.5) is 5.69 Å². The molecule has 5 rings (SSSR count). The molecular weight excluding hydrogens is 498 g/mol. The third kappa shape index (κ3) is 5.66. The topological polar surface area (TPSA) is 112 Å². The van der Waals surface area contributed by atoms with Crippen LogP contribution in [0.1, 0.15) is 47.4 Å².